The van der Waals surface area contributed by atoms with Crippen molar-refractivity contribution in [2.45, 2.75) is 37.4 Å². The number of rotatable bonds is 6. The largest absolute Gasteiger partial charge is 0.504 e. The Bertz CT molecular complexity index is 1110. The number of aromatic hydroxyl groups is 6. The third-order valence-electron chi connectivity index (χ3n) is 5.01. The van der Waals surface area contributed by atoms with Gasteiger partial charge in [0.2, 0.25) is 0 Å². The Morgan fingerprint density at radius 3 is 1.57 bits per heavy atom. The molecule has 1 aliphatic heterocycles. The second kappa shape index (κ2) is 9.82. The van der Waals surface area contributed by atoms with Crippen LogP contribution in [0.25, 0.3) is 0 Å². The Hall–Kier alpha value is -4.43. The molecule has 14 nitrogen and oxygen atoms in total. The maximum absolute atomic E-state index is 12.5. The van der Waals surface area contributed by atoms with Crippen molar-refractivity contribution in [2.24, 2.45) is 0 Å². The van der Waals surface area contributed by atoms with Crippen LogP contribution in [0.2, 0.25) is 0 Å². The van der Waals surface area contributed by atoms with E-state index in [0.717, 1.165) is 24.3 Å². The van der Waals surface area contributed by atoms with Crippen LogP contribution in [0, 0.1) is 0 Å². The first-order valence-corrected chi connectivity index (χ1v) is 9.84. The zero-order valence-corrected chi connectivity index (χ0v) is 17.6. The van der Waals surface area contributed by atoms with Crippen molar-refractivity contribution in [3.05, 3.63) is 35.4 Å². The molecule has 0 spiro atoms. The van der Waals surface area contributed by atoms with E-state index in [-0.39, 0.29) is 0 Å². The minimum atomic E-state index is -1.85. The maximum Gasteiger partial charge on any atom is 0.338 e. The molecule has 35 heavy (non-hydrogen) atoms. The molecule has 2 aromatic carbocycles. The number of aliphatic hydroxyl groups is 1. The Morgan fingerprint density at radius 1 is 0.771 bits per heavy atom. The first kappa shape index (κ1) is 25.2. The molecule has 4 atom stereocenters. The fourth-order valence-corrected chi connectivity index (χ4v) is 3.29. The van der Waals surface area contributed by atoms with E-state index in [1.54, 1.807) is 0 Å². The summed E-state index contributed by atoms with van der Waals surface area (Å²) in [5, 5.41) is 76.4. The van der Waals surface area contributed by atoms with E-state index in [1.165, 1.54) is 0 Å². The van der Waals surface area contributed by atoms with E-state index < -0.39 is 101 Å². The predicted molar refractivity (Wildman–Crippen MR) is 109 cm³/mol. The van der Waals surface area contributed by atoms with Gasteiger partial charge in [-0.1, -0.05) is 0 Å². The van der Waals surface area contributed by atoms with Gasteiger partial charge in [0.1, 0.15) is 12.2 Å². The molecule has 0 aromatic heterocycles. The smallest absolute Gasteiger partial charge is 0.338 e. The number of phenols is 6. The van der Waals surface area contributed by atoms with Crippen LogP contribution in [-0.2, 0) is 19.0 Å². The fourth-order valence-electron chi connectivity index (χ4n) is 3.29. The lowest BCUT2D eigenvalue weighted by atomic mass is 9.99. The van der Waals surface area contributed by atoms with E-state index in [1.807, 2.05) is 0 Å². The van der Waals surface area contributed by atoms with Crippen LogP contribution in [0.4, 0.5) is 0 Å². The van der Waals surface area contributed by atoms with Gasteiger partial charge in [-0.2, -0.15) is 0 Å². The molecule has 1 aliphatic rings. The van der Waals surface area contributed by atoms with E-state index in [2.05, 4.69) is 0 Å². The zero-order valence-electron chi connectivity index (χ0n) is 17.6. The maximum atomic E-state index is 12.5. The minimum absolute atomic E-state index is 0.415. The number of carbonyl (C=O) groups is 3. The van der Waals surface area contributed by atoms with E-state index in [9.17, 15) is 50.1 Å². The summed E-state index contributed by atoms with van der Waals surface area (Å²) in [6, 6.07) is 3.12. The van der Waals surface area contributed by atoms with Gasteiger partial charge in [-0.05, 0) is 24.3 Å². The average Bonchev–Trinajstić information content (AvgIpc) is 2.77. The summed E-state index contributed by atoms with van der Waals surface area (Å²) in [6.45, 7) is 0. The summed E-state index contributed by atoms with van der Waals surface area (Å²) in [7, 11) is 0. The summed E-state index contributed by atoms with van der Waals surface area (Å²) >= 11 is 0. The topological polar surface area (TPSA) is 241 Å². The third-order valence-corrected chi connectivity index (χ3v) is 5.01. The quantitative estimate of drug-likeness (QED) is 0.198. The van der Waals surface area contributed by atoms with E-state index >= 15 is 0 Å². The monoisotopic (exact) mass is 496 g/mol. The lowest BCUT2D eigenvalue weighted by molar-refractivity contribution is -0.246. The van der Waals surface area contributed by atoms with Gasteiger partial charge < -0.3 is 55.1 Å². The van der Waals surface area contributed by atoms with Gasteiger partial charge in [0.25, 0.3) is 0 Å². The number of carbonyl (C=O) groups excluding carboxylic acids is 2. The van der Waals surface area contributed by atoms with Crippen LogP contribution < -0.4 is 0 Å². The molecule has 1 fully saturated rings. The number of aliphatic hydroxyl groups excluding tert-OH is 1. The van der Waals surface area contributed by atoms with Crippen LogP contribution in [0.5, 0.6) is 34.5 Å². The van der Waals surface area contributed by atoms with Crippen molar-refractivity contribution in [2.75, 3.05) is 0 Å². The van der Waals surface area contributed by atoms with Crippen LogP contribution in [0.3, 0.4) is 0 Å². The number of carboxylic acids is 1. The standard InChI is InChI=1S/C21H20O14/c22-9-1-7(2-10(23)17(9)28)19(30)33-13-5-15(21(32)34-14(13)6-16(26)27)35-20(31)8-3-11(24)18(29)12(25)4-8/h1-4,13-15,21-25,28-29,32H,5-6H2,(H,26,27). The van der Waals surface area contributed by atoms with Crippen molar-refractivity contribution in [3.63, 3.8) is 0 Å². The second-order valence-electron chi connectivity index (χ2n) is 7.51. The normalized spacial score (nSPS) is 21.7. The SMILES string of the molecule is O=C(O)CC1OC(O)C(OC(=O)c2cc(O)c(O)c(O)c2)CC1OC(=O)c1cc(O)c(O)c(O)c1. The lowest BCUT2D eigenvalue weighted by Crippen LogP contribution is -2.51. The molecule has 1 saturated heterocycles. The lowest BCUT2D eigenvalue weighted by Gasteiger charge is -2.37. The molecule has 2 aromatic rings. The average molecular weight is 496 g/mol. The van der Waals surface area contributed by atoms with Crippen molar-refractivity contribution in [1.29, 1.82) is 0 Å². The number of carboxylic acid groups (broad SMARTS) is 1. The molecule has 0 radical (unpaired) electrons. The van der Waals surface area contributed by atoms with Gasteiger partial charge in [-0.25, -0.2) is 9.59 Å². The summed E-state index contributed by atoms with van der Waals surface area (Å²) < 4.78 is 15.5. The highest BCUT2D eigenvalue weighted by Gasteiger charge is 2.42. The van der Waals surface area contributed by atoms with Gasteiger partial charge in [0.05, 0.1) is 17.5 Å². The molecule has 8 N–H and O–H groups in total. The number of hydrogen-bond acceptors (Lipinski definition) is 13. The fraction of sp³-hybridized carbons (Fsp3) is 0.286. The molecular weight excluding hydrogens is 476 g/mol. The highest BCUT2D eigenvalue weighted by Crippen LogP contribution is 2.37. The Morgan fingerprint density at radius 2 is 1.17 bits per heavy atom. The van der Waals surface area contributed by atoms with Gasteiger partial charge in [-0.3, -0.25) is 4.79 Å². The van der Waals surface area contributed by atoms with Crippen molar-refractivity contribution in [3.8, 4) is 34.5 Å². The Kier molecular flexibility index (Phi) is 7.07. The molecule has 0 bridgehead atoms. The van der Waals surface area contributed by atoms with Crippen molar-refractivity contribution < 1.29 is 69.4 Å². The molecule has 0 amide bonds. The van der Waals surface area contributed by atoms with Gasteiger partial charge in [0, 0.05) is 6.42 Å². The highest BCUT2D eigenvalue weighted by atomic mass is 16.7. The number of esters is 2. The number of hydrogen-bond donors (Lipinski definition) is 8. The summed E-state index contributed by atoms with van der Waals surface area (Å²) in [5.41, 5.74) is -0.831. The van der Waals surface area contributed by atoms with Gasteiger partial charge in [-0.15, -0.1) is 0 Å². The second-order valence-corrected chi connectivity index (χ2v) is 7.51. The summed E-state index contributed by atoms with van der Waals surface area (Å²) in [6.07, 6.45) is -7.32. The van der Waals surface area contributed by atoms with Crippen LogP contribution in [-0.4, -0.2) is 83.4 Å². The highest BCUT2D eigenvalue weighted by molar-refractivity contribution is 5.92. The van der Waals surface area contributed by atoms with Crippen LogP contribution >= 0.6 is 0 Å². The summed E-state index contributed by atoms with van der Waals surface area (Å²) in [5.74, 6) is -8.80. The first-order valence-electron chi connectivity index (χ1n) is 9.84. The Labute approximate surface area is 195 Å². The number of phenolic OH excluding ortho intramolecular Hbond substituents is 6. The van der Waals surface area contributed by atoms with Crippen molar-refractivity contribution in [1.82, 2.24) is 0 Å². The first-order chi connectivity index (χ1) is 16.4. The minimum Gasteiger partial charge on any atom is -0.504 e. The predicted octanol–water partition coefficient (Wildman–Crippen LogP) is 0.253. The molecule has 0 aliphatic carbocycles. The zero-order chi connectivity index (χ0) is 26.0. The van der Waals surface area contributed by atoms with Gasteiger partial charge in [0.15, 0.2) is 46.9 Å². The number of ether oxygens (including phenoxy) is 3. The van der Waals surface area contributed by atoms with Crippen LogP contribution in [0.15, 0.2) is 24.3 Å². The summed E-state index contributed by atoms with van der Waals surface area (Å²) in [4.78, 5) is 36.1. The molecule has 14 heteroatoms. The van der Waals surface area contributed by atoms with E-state index in [0.29, 0.717) is 0 Å². The van der Waals surface area contributed by atoms with Crippen molar-refractivity contribution >= 4 is 17.9 Å². The molecule has 1 heterocycles. The number of benzene rings is 2. The van der Waals surface area contributed by atoms with Gasteiger partial charge >= 0.3 is 17.9 Å². The molecular formula is C21H20O14. The molecule has 188 valence electrons. The Balaban J connectivity index is 1.80. The third kappa shape index (κ3) is 5.56. The van der Waals surface area contributed by atoms with E-state index in [4.69, 9.17) is 19.3 Å². The molecule has 4 unspecified atom stereocenters. The molecule has 0 saturated carbocycles. The molecule has 3 rings (SSSR count). The van der Waals surface area contributed by atoms with Crippen LogP contribution in [0.1, 0.15) is 33.6 Å². The number of aliphatic carboxylic acids is 1.